The Morgan fingerprint density at radius 1 is 1.23 bits per heavy atom. The van der Waals surface area contributed by atoms with Crippen molar-refractivity contribution < 1.29 is 9.59 Å². The van der Waals surface area contributed by atoms with E-state index in [4.69, 9.17) is 5.73 Å². The quantitative estimate of drug-likeness (QED) is 0.903. The molecule has 2 N–H and O–H groups in total. The van der Waals surface area contributed by atoms with Crippen molar-refractivity contribution in [3.63, 3.8) is 0 Å². The molecule has 0 radical (unpaired) electrons. The van der Waals surface area contributed by atoms with Crippen LogP contribution in [-0.4, -0.2) is 53.3 Å². The maximum atomic E-state index is 12.9. The molecule has 2 aliphatic heterocycles. The van der Waals surface area contributed by atoms with Gasteiger partial charge in [-0.2, -0.15) is 0 Å². The summed E-state index contributed by atoms with van der Waals surface area (Å²) in [6.07, 6.45) is 2.74. The first-order valence-corrected chi connectivity index (χ1v) is 9.68. The summed E-state index contributed by atoms with van der Waals surface area (Å²) in [5.41, 5.74) is 6.38. The lowest BCUT2D eigenvalue weighted by Crippen LogP contribution is -2.58. The number of likely N-dealkylation sites (tertiary alicyclic amines) is 2. The molecule has 1 spiro atoms. The first-order chi connectivity index (χ1) is 12.3. The number of piperidine rings is 2. The van der Waals surface area contributed by atoms with E-state index in [2.05, 4.69) is 19.1 Å². The van der Waals surface area contributed by atoms with Crippen LogP contribution in [0.15, 0.2) is 30.3 Å². The van der Waals surface area contributed by atoms with Crippen LogP contribution in [0.3, 0.4) is 0 Å². The van der Waals surface area contributed by atoms with E-state index in [0.717, 1.165) is 51.0 Å². The van der Waals surface area contributed by atoms with Gasteiger partial charge in [-0.3, -0.25) is 9.59 Å². The fraction of sp³-hybridized carbons (Fsp3) is 0.619. The van der Waals surface area contributed by atoms with Gasteiger partial charge in [-0.05, 0) is 51.0 Å². The van der Waals surface area contributed by atoms with Gasteiger partial charge in [0.15, 0.2) is 0 Å². The molecule has 2 aliphatic rings. The van der Waals surface area contributed by atoms with Crippen molar-refractivity contribution >= 4 is 11.8 Å². The number of carbonyl (C=O) groups is 2. The van der Waals surface area contributed by atoms with Gasteiger partial charge in [-0.15, -0.1) is 0 Å². The maximum Gasteiger partial charge on any atom is 0.242 e. The van der Waals surface area contributed by atoms with Gasteiger partial charge in [0.2, 0.25) is 11.8 Å². The lowest BCUT2D eigenvalue weighted by molar-refractivity contribution is -0.145. The molecular formula is C21H31N3O2. The molecule has 1 aromatic rings. The SMILES string of the molecule is CCN1CC2(CCN(C(=O)C(C)(C)N)CC2)C[C@@H](c2ccccc2)C1=O. The third-order valence-electron chi connectivity index (χ3n) is 6.02. The van der Waals surface area contributed by atoms with Gasteiger partial charge < -0.3 is 15.5 Å². The van der Waals surface area contributed by atoms with Crippen LogP contribution < -0.4 is 5.73 Å². The number of hydrogen-bond acceptors (Lipinski definition) is 3. The van der Waals surface area contributed by atoms with Crippen LogP contribution >= 0.6 is 0 Å². The summed E-state index contributed by atoms with van der Waals surface area (Å²) in [7, 11) is 0. The Labute approximate surface area is 156 Å². The summed E-state index contributed by atoms with van der Waals surface area (Å²) in [4.78, 5) is 29.3. The Bertz CT molecular complexity index is 658. The molecule has 142 valence electrons. The van der Waals surface area contributed by atoms with Crippen molar-refractivity contribution in [2.24, 2.45) is 11.1 Å². The second-order valence-electron chi connectivity index (χ2n) is 8.53. The highest BCUT2D eigenvalue weighted by molar-refractivity contribution is 5.86. The minimum atomic E-state index is -0.824. The highest BCUT2D eigenvalue weighted by atomic mass is 16.2. The molecule has 0 aliphatic carbocycles. The van der Waals surface area contributed by atoms with Gasteiger partial charge in [0, 0.05) is 26.2 Å². The number of nitrogens with zero attached hydrogens (tertiary/aromatic N) is 2. The highest BCUT2D eigenvalue weighted by Gasteiger charge is 2.46. The van der Waals surface area contributed by atoms with Crippen molar-refractivity contribution in [3.8, 4) is 0 Å². The first-order valence-electron chi connectivity index (χ1n) is 9.68. The minimum absolute atomic E-state index is 0.0196. The normalized spacial score (nSPS) is 23.4. The third-order valence-corrected chi connectivity index (χ3v) is 6.02. The van der Waals surface area contributed by atoms with Crippen molar-refractivity contribution in [2.75, 3.05) is 26.2 Å². The Morgan fingerprint density at radius 2 is 1.85 bits per heavy atom. The molecule has 0 unspecified atom stereocenters. The van der Waals surface area contributed by atoms with Crippen molar-refractivity contribution in [1.29, 1.82) is 0 Å². The molecule has 26 heavy (non-hydrogen) atoms. The maximum absolute atomic E-state index is 12.9. The van der Waals surface area contributed by atoms with Crippen LogP contribution in [-0.2, 0) is 9.59 Å². The molecule has 2 heterocycles. The molecule has 0 aromatic heterocycles. The molecule has 0 saturated carbocycles. The topological polar surface area (TPSA) is 66.6 Å². The fourth-order valence-corrected chi connectivity index (χ4v) is 4.46. The van der Waals surface area contributed by atoms with E-state index in [9.17, 15) is 9.59 Å². The Balaban J connectivity index is 1.78. The number of rotatable bonds is 3. The summed E-state index contributed by atoms with van der Waals surface area (Å²) < 4.78 is 0. The van der Waals surface area contributed by atoms with Crippen LogP contribution in [0.4, 0.5) is 0 Å². The zero-order valence-electron chi connectivity index (χ0n) is 16.2. The largest absolute Gasteiger partial charge is 0.342 e. The van der Waals surface area contributed by atoms with E-state index >= 15 is 0 Å². The van der Waals surface area contributed by atoms with Crippen LogP contribution in [0, 0.1) is 5.41 Å². The van der Waals surface area contributed by atoms with Crippen LogP contribution in [0.2, 0.25) is 0 Å². The summed E-state index contributed by atoms with van der Waals surface area (Å²) >= 11 is 0. The number of nitrogens with two attached hydrogens (primary N) is 1. The third kappa shape index (κ3) is 3.63. The molecule has 2 fully saturated rings. The fourth-order valence-electron chi connectivity index (χ4n) is 4.46. The number of carbonyl (C=O) groups excluding carboxylic acids is 2. The second kappa shape index (κ2) is 7.03. The lowest BCUT2D eigenvalue weighted by Gasteiger charge is -2.50. The van der Waals surface area contributed by atoms with Crippen LogP contribution in [0.1, 0.15) is 51.5 Å². The molecule has 1 atom stereocenters. The minimum Gasteiger partial charge on any atom is -0.342 e. The molecule has 1 aromatic carbocycles. The zero-order valence-corrected chi connectivity index (χ0v) is 16.2. The van der Waals surface area contributed by atoms with E-state index in [1.807, 2.05) is 28.0 Å². The van der Waals surface area contributed by atoms with Gasteiger partial charge in [0.05, 0.1) is 11.5 Å². The molecule has 2 amide bonds. The average Bonchev–Trinajstić information content (AvgIpc) is 2.63. The second-order valence-corrected chi connectivity index (χ2v) is 8.53. The predicted octanol–water partition coefficient (Wildman–Crippen LogP) is 2.37. The Hall–Kier alpha value is -1.88. The van der Waals surface area contributed by atoms with Gasteiger partial charge >= 0.3 is 0 Å². The number of likely N-dealkylation sites (N-methyl/N-ethyl adjacent to an activating group) is 1. The van der Waals surface area contributed by atoms with E-state index in [-0.39, 0.29) is 23.1 Å². The Kier molecular flexibility index (Phi) is 5.11. The summed E-state index contributed by atoms with van der Waals surface area (Å²) in [6, 6.07) is 10.1. The Morgan fingerprint density at radius 3 is 2.38 bits per heavy atom. The van der Waals surface area contributed by atoms with Gasteiger partial charge in [-0.1, -0.05) is 30.3 Å². The molecule has 3 rings (SSSR count). The predicted molar refractivity (Wildman–Crippen MR) is 103 cm³/mol. The first kappa shape index (κ1) is 18.9. The van der Waals surface area contributed by atoms with E-state index < -0.39 is 5.54 Å². The highest BCUT2D eigenvalue weighted by Crippen LogP contribution is 2.45. The summed E-state index contributed by atoms with van der Waals surface area (Å²) in [6.45, 7) is 8.59. The van der Waals surface area contributed by atoms with E-state index in [1.165, 1.54) is 0 Å². The molecule has 5 nitrogen and oxygen atoms in total. The van der Waals surface area contributed by atoms with Crippen molar-refractivity contribution in [2.45, 2.75) is 51.5 Å². The average molecular weight is 357 g/mol. The molecule has 2 saturated heterocycles. The number of benzene rings is 1. The van der Waals surface area contributed by atoms with E-state index in [1.54, 1.807) is 13.8 Å². The van der Waals surface area contributed by atoms with Crippen molar-refractivity contribution in [1.82, 2.24) is 9.80 Å². The van der Waals surface area contributed by atoms with Crippen LogP contribution in [0.5, 0.6) is 0 Å². The lowest BCUT2D eigenvalue weighted by atomic mass is 9.67. The molecule has 0 bridgehead atoms. The van der Waals surface area contributed by atoms with Crippen molar-refractivity contribution in [3.05, 3.63) is 35.9 Å². The van der Waals surface area contributed by atoms with Crippen LogP contribution in [0.25, 0.3) is 0 Å². The smallest absolute Gasteiger partial charge is 0.242 e. The summed E-state index contributed by atoms with van der Waals surface area (Å²) in [5.74, 6) is 0.190. The van der Waals surface area contributed by atoms with E-state index in [0.29, 0.717) is 0 Å². The number of amides is 2. The standard InChI is InChI=1S/C21H31N3O2/c1-4-23-15-21(10-12-24(13-11-21)19(26)20(2,3)22)14-17(18(23)25)16-8-6-5-7-9-16/h5-9,17H,4,10-15,22H2,1-3H3/t17-/m0/s1. The summed E-state index contributed by atoms with van der Waals surface area (Å²) in [5, 5.41) is 0. The van der Waals surface area contributed by atoms with Gasteiger partial charge in [-0.25, -0.2) is 0 Å². The molecular weight excluding hydrogens is 326 g/mol. The van der Waals surface area contributed by atoms with Gasteiger partial charge in [0.25, 0.3) is 0 Å². The van der Waals surface area contributed by atoms with Gasteiger partial charge in [0.1, 0.15) is 0 Å². The number of hydrogen-bond donors (Lipinski definition) is 1. The molecule has 5 heteroatoms. The zero-order chi connectivity index (χ0) is 18.9. The monoisotopic (exact) mass is 357 g/mol.